The summed E-state index contributed by atoms with van der Waals surface area (Å²) >= 11 is 0. The summed E-state index contributed by atoms with van der Waals surface area (Å²) in [5.74, 6) is 1.92. The van der Waals surface area contributed by atoms with E-state index in [0.29, 0.717) is 18.3 Å². The summed E-state index contributed by atoms with van der Waals surface area (Å²) in [5.41, 5.74) is 4.09. The zero-order chi connectivity index (χ0) is 18.6. The van der Waals surface area contributed by atoms with E-state index < -0.39 is 0 Å². The Kier molecular flexibility index (Phi) is 4.61. The van der Waals surface area contributed by atoms with Gasteiger partial charge in [-0.3, -0.25) is 9.97 Å². The Hall–Kier alpha value is -3.55. The van der Waals surface area contributed by atoms with E-state index >= 15 is 0 Å². The van der Waals surface area contributed by atoms with Gasteiger partial charge < -0.3 is 14.3 Å². The van der Waals surface area contributed by atoms with Crippen LogP contribution in [0.5, 0.6) is 0 Å². The van der Waals surface area contributed by atoms with Crippen LogP contribution in [0.15, 0.2) is 52.1 Å². The third-order valence-corrected chi connectivity index (χ3v) is 4.08. The van der Waals surface area contributed by atoms with Gasteiger partial charge in [0.15, 0.2) is 5.76 Å². The molecule has 4 rings (SSSR count). The molecule has 8 nitrogen and oxygen atoms in total. The Labute approximate surface area is 155 Å². The van der Waals surface area contributed by atoms with Crippen molar-refractivity contribution in [1.82, 2.24) is 25.1 Å². The first kappa shape index (κ1) is 16.9. The highest BCUT2D eigenvalue weighted by Crippen LogP contribution is 2.33. The van der Waals surface area contributed by atoms with Crippen molar-refractivity contribution >= 4 is 5.95 Å². The minimum atomic E-state index is 0.523. The molecule has 136 valence electrons. The molecule has 4 aromatic heterocycles. The van der Waals surface area contributed by atoms with Crippen molar-refractivity contribution < 1.29 is 8.94 Å². The van der Waals surface area contributed by atoms with Crippen molar-refractivity contribution in [3.05, 3.63) is 60.3 Å². The Morgan fingerprint density at radius 1 is 1.07 bits per heavy atom. The van der Waals surface area contributed by atoms with Crippen molar-refractivity contribution in [2.45, 2.75) is 20.3 Å². The molecular formula is C19H18N6O2. The number of aromatic nitrogens is 5. The van der Waals surface area contributed by atoms with Gasteiger partial charge in [-0.15, -0.1) is 0 Å². The molecule has 27 heavy (non-hydrogen) atoms. The molecule has 0 aliphatic rings. The van der Waals surface area contributed by atoms with Gasteiger partial charge in [0.05, 0.1) is 28.9 Å². The van der Waals surface area contributed by atoms with Gasteiger partial charge in [0.2, 0.25) is 5.95 Å². The summed E-state index contributed by atoms with van der Waals surface area (Å²) < 4.78 is 10.9. The second-order valence-corrected chi connectivity index (χ2v) is 6.05. The second kappa shape index (κ2) is 7.36. The molecule has 4 aromatic rings. The largest absolute Gasteiger partial charge is 0.469 e. The topological polar surface area (TPSA) is 103 Å². The van der Waals surface area contributed by atoms with E-state index in [-0.39, 0.29) is 0 Å². The number of aryl methyl sites for hydroxylation is 2. The first-order valence-corrected chi connectivity index (χ1v) is 8.54. The molecule has 0 saturated carbocycles. The quantitative estimate of drug-likeness (QED) is 0.556. The van der Waals surface area contributed by atoms with Crippen molar-refractivity contribution in [3.63, 3.8) is 0 Å². The summed E-state index contributed by atoms with van der Waals surface area (Å²) in [6.45, 7) is 4.41. The standard InChI is InChI=1S/C19H18N6O2/c1-12-9-17(27-25-12)16-11-23-19(22-5-3-14-10-20-6-7-21-14)24-18(16)15-4-8-26-13(15)2/h4,6-11H,3,5H2,1-2H3,(H,22,23,24). The second-order valence-electron chi connectivity index (χ2n) is 6.05. The summed E-state index contributed by atoms with van der Waals surface area (Å²) in [4.78, 5) is 17.4. The van der Waals surface area contributed by atoms with Crippen LogP contribution in [-0.2, 0) is 6.42 Å². The molecule has 0 atom stereocenters. The van der Waals surface area contributed by atoms with E-state index in [1.807, 2.05) is 26.0 Å². The Morgan fingerprint density at radius 2 is 2.00 bits per heavy atom. The SMILES string of the molecule is Cc1cc(-c2cnc(NCCc3cnccn3)nc2-c2ccoc2C)on1. The lowest BCUT2D eigenvalue weighted by Gasteiger charge is -2.09. The van der Waals surface area contributed by atoms with Crippen LogP contribution < -0.4 is 5.32 Å². The third-order valence-electron chi connectivity index (χ3n) is 4.08. The highest BCUT2D eigenvalue weighted by Gasteiger charge is 2.18. The van der Waals surface area contributed by atoms with Crippen molar-refractivity contribution in [3.8, 4) is 22.6 Å². The number of anilines is 1. The van der Waals surface area contributed by atoms with Crippen LogP contribution in [-0.4, -0.2) is 31.6 Å². The number of hydrogen-bond acceptors (Lipinski definition) is 8. The predicted molar refractivity (Wildman–Crippen MR) is 98.9 cm³/mol. The van der Waals surface area contributed by atoms with Gasteiger partial charge in [-0.2, -0.15) is 0 Å². The van der Waals surface area contributed by atoms with Gasteiger partial charge in [-0.25, -0.2) is 9.97 Å². The molecule has 0 unspecified atom stereocenters. The van der Waals surface area contributed by atoms with Crippen LogP contribution in [0.25, 0.3) is 22.6 Å². The molecule has 4 heterocycles. The maximum atomic E-state index is 5.45. The van der Waals surface area contributed by atoms with E-state index in [2.05, 4.69) is 30.4 Å². The van der Waals surface area contributed by atoms with Crippen molar-refractivity contribution in [1.29, 1.82) is 0 Å². The van der Waals surface area contributed by atoms with Crippen LogP contribution in [0.1, 0.15) is 17.1 Å². The molecule has 0 aromatic carbocycles. The fourth-order valence-electron chi connectivity index (χ4n) is 2.74. The fourth-order valence-corrected chi connectivity index (χ4v) is 2.74. The molecule has 0 bridgehead atoms. The Morgan fingerprint density at radius 3 is 2.70 bits per heavy atom. The van der Waals surface area contributed by atoms with Gasteiger partial charge in [-0.1, -0.05) is 5.16 Å². The molecule has 0 amide bonds. The molecule has 0 saturated heterocycles. The Bertz CT molecular complexity index is 1040. The van der Waals surface area contributed by atoms with Crippen molar-refractivity contribution in [2.24, 2.45) is 0 Å². The monoisotopic (exact) mass is 362 g/mol. The molecule has 0 radical (unpaired) electrons. The van der Waals surface area contributed by atoms with E-state index in [9.17, 15) is 0 Å². The van der Waals surface area contributed by atoms with Gasteiger partial charge in [0, 0.05) is 49.4 Å². The molecule has 1 N–H and O–H groups in total. The summed E-state index contributed by atoms with van der Waals surface area (Å²) in [5, 5.41) is 7.19. The van der Waals surface area contributed by atoms with E-state index in [4.69, 9.17) is 8.94 Å². The van der Waals surface area contributed by atoms with Crippen LogP contribution in [0.3, 0.4) is 0 Å². The average Bonchev–Trinajstić information content (AvgIpc) is 3.31. The van der Waals surface area contributed by atoms with Gasteiger partial charge in [0.1, 0.15) is 5.76 Å². The molecule has 0 spiro atoms. The number of rotatable bonds is 6. The zero-order valence-electron chi connectivity index (χ0n) is 15.0. The zero-order valence-corrected chi connectivity index (χ0v) is 15.0. The first-order chi connectivity index (χ1) is 13.2. The summed E-state index contributed by atoms with van der Waals surface area (Å²) in [6, 6.07) is 3.74. The van der Waals surface area contributed by atoms with Crippen molar-refractivity contribution in [2.75, 3.05) is 11.9 Å². The minimum absolute atomic E-state index is 0.523. The van der Waals surface area contributed by atoms with E-state index in [0.717, 1.165) is 40.4 Å². The maximum Gasteiger partial charge on any atom is 0.223 e. The molecule has 8 heteroatoms. The first-order valence-electron chi connectivity index (χ1n) is 8.54. The van der Waals surface area contributed by atoms with Gasteiger partial charge in [0.25, 0.3) is 0 Å². The highest BCUT2D eigenvalue weighted by atomic mass is 16.5. The van der Waals surface area contributed by atoms with Crippen LogP contribution in [0.4, 0.5) is 5.95 Å². The van der Waals surface area contributed by atoms with Crippen LogP contribution in [0.2, 0.25) is 0 Å². The summed E-state index contributed by atoms with van der Waals surface area (Å²) in [7, 11) is 0. The van der Waals surface area contributed by atoms with Crippen LogP contribution in [0, 0.1) is 13.8 Å². The number of nitrogens with one attached hydrogen (secondary N) is 1. The molecule has 0 aliphatic carbocycles. The predicted octanol–water partition coefficient (Wildman–Crippen LogP) is 3.45. The van der Waals surface area contributed by atoms with Crippen LogP contribution >= 0.6 is 0 Å². The fraction of sp³-hybridized carbons (Fsp3) is 0.211. The van der Waals surface area contributed by atoms with E-state index in [1.54, 1.807) is 31.1 Å². The maximum absolute atomic E-state index is 5.45. The minimum Gasteiger partial charge on any atom is -0.469 e. The smallest absolute Gasteiger partial charge is 0.223 e. The lowest BCUT2D eigenvalue weighted by Crippen LogP contribution is -2.09. The summed E-state index contributed by atoms with van der Waals surface area (Å²) in [6.07, 6.45) is 9.19. The highest BCUT2D eigenvalue weighted by molar-refractivity contribution is 5.79. The van der Waals surface area contributed by atoms with E-state index in [1.165, 1.54) is 0 Å². The number of furan rings is 1. The molecule has 0 aliphatic heterocycles. The van der Waals surface area contributed by atoms with Gasteiger partial charge >= 0.3 is 0 Å². The van der Waals surface area contributed by atoms with Gasteiger partial charge in [-0.05, 0) is 19.9 Å². The Balaban J connectivity index is 1.62. The molecule has 0 fully saturated rings. The average molecular weight is 362 g/mol. The lowest BCUT2D eigenvalue weighted by molar-refractivity contribution is 0.427. The normalized spacial score (nSPS) is 10.9. The number of nitrogens with zero attached hydrogens (tertiary/aromatic N) is 5. The number of hydrogen-bond donors (Lipinski definition) is 1. The lowest BCUT2D eigenvalue weighted by atomic mass is 10.1. The third kappa shape index (κ3) is 3.69. The molecular weight excluding hydrogens is 344 g/mol.